The van der Waals surface area contributed by atoms with Crippen LogP contribution in [0.2, 0.25) is 0 Å². The number of hydrogen-bond acceptors (Lipinski definition) is 6. The van der Waals surface area contributed by atoms with Gasteiger partial charge in [0.1, 0.15) is 13.2 Å². The van der Waals surface area contributed by atoms with Crippen LogP contribution in [-0.4, -0.2) is 37.2 Å². The van der Waals surface area contributed by atoms with Gasteiger partial charge >= 0.3 is 17.9 Å². The summed E-state index contributed by atoms with van der Waals surface area (Å²) in [5.74, 6) is -0.853. The van der Waals surface area contributed by atoms with Crippen molar-refractivity contribution in [3.8, 4) is 0 Å². The van der Waals surface area contributed by atoms with Gasteiger partial charge in [-0.2, -0.15) is 0 Å². The lowest BCUT2D eigenvalue weighted by molar-refractivity contribution is -0.167. The summed E-state index contributed by atoms with van der Waals surface area (Å²) in [5.41, 5.74) is 0. The Morgan fingerprint density at radius 1 is 0.253 bits per heavy atom. The van der Waals surface area contributed by atoms with Crippen LogP contribution in [0.4, 0.5) is 0 Å². The molecule has 0 bridgehead atoms. The lowest BCUT2D eigenvalue weighted by atomic mass is 10.0. The molecule has 6 heteroatoms. The molecule has 0 N–H and O–H groups in total. The summed E-state index contributed by atoms with van der Waals surface area (Å²) in [6.45, 7) is 6.56. The minimum absolute atomic E-state index is 0.0708. The highest BCUT2D eigenvalue weighted by Crippen LogP contribution is 2.18. The molecule has 0 amide bonds. The van der Waals surface area contributed by atoms with Gasteiger partial charge in [-0.15, -0.1) is 0 Å². The first kappa shape index (κ1) is 79.6. The molecule has 480 valence electrons. The molecule has 6 nitrogen and oxygen atoms in total. The number of carbonyl (C=O) groups excluding carboxylic acids is 3. The van der Waals surface area contributed by atoms with E-state index in [1.54, 1.807) is 0 Å². The fraction of sp³-hybridized carbons (Fsp3) is 0.779. The van der Waals surface area contributed by atoms with Crippen LogP contribution >= 0.6 is 0 Å². The Morgan fingerprint density at radius 3 is 0.747 bits per heavy atom. The van der Waals surface area contributed by atoms with E-state index >= 15 is 0 Å². The van der Waals surface area contributed by atoms with Crippen LogP contribution < -0.4 is 0 Å². The monoisotopic (exact) mass is 1160 g/mol. The summed E-state index contributed by atoms with van der Waals surface area (Å²) < 4.78 is 17.0. The van der Waals surface area contributed by atoms with Crippen molar-refractivity contribution in [3.63, 3.8) is 0 Å². The van der Waals surface area contributed by atoms with E-state index in [-0.39, 0.29) is 31.1 Å². The molecule has 0 spiro atoms. The average Bonchev–Trinajstić information content (AvgIpc) is 3.48. The van der Waals surface area contributed by atoms with Crippen LogP contribution in [0.25, 0.3) is 0 Å². The van der Waals surface area contributed by atoms with E-state index in [9.17, 15) is 14.4 Å². The van der Waals surface area contributed by atoms with E-state index in [1.165, 1.54) is 231 Å². The van der Waals surface area contributed by atoms with E-state index in [1.807, 2.05) is 0 Å². The first-order chi connectivity index (χ1) is 41.0. The molecule has 0 aromatic carbocycles. The van der Waals surface area contributed by atoms with Gasteiger partial charge in [0.25, 0.3) is 0 Å². The molecule has 0 aromatic rings. The Morgan fingerprint density at radius 2 is 0.470 bits per heavy atom. The van der Waals surface area contributed by atoms with Gasteiger partial charge < -0.3 is 14.2 Å². The third-order valence-corrected chi connectivity index (χ3v) is 15.9. The topological polar surface area (TPSA) is 78.9 Å². The Bertz CT molecular complexity index is 1570. The number of ether oxygens (including phenoxy) is 3. The number of unbranched alkanes of at least 4 members (excludes halogenated alkanes) is 41. The number of esters is 3. The molecule has 0 aliphatic heterocycles. The predicted molar refractivity (Wildman–Crippen MR) is 362 cm³/mol. The van der Waals surface area contributed by atoms with Gasteiger partial charge in [0.05, 0.1) is 0 Å². The summed E-state index contributed by atoms with van der Waals surface area (Å²) in [6, 6.07) is 0. The van der Waals surface area contributed by atoms with Crippen LogP contribution in [0.15, 0.2) is 85.1 Å². The molecule has 0 rings (SSSR count). The van der Waals surface area contributed by atoms with Crippen LogP contribution in [0.1, 0.15) is 367 Å². The van der Waals surface area contributed by atoms with Crippen molar-refractivity contribution < 1.29 is 28.6 Å². The number of rotatable bonds is 66. The molecular formula is C77H136O6. The van der Waals surface area contributed by atoms with Crippen molar-refractivity contribution in [1.29, 1.82) is 0 Å². The summed E-state index contributed by atoms with van der Waals surface area (Å²) in [6.07, 6.45) is 94.8. The molecule has 0 heterocycles. The Labute approximate surface area is 515 Å². The highest BCUT2D eigenvalue weighted by Gasteiger charge is 2.19. The average molecular weight is 1160 g/mol. The summed E-state index contributed by atoms with van der Waals surface area (Å²) in [5, 5.41) is 0. The van der Waals surface area contributed by atoms with E-state index in [0.717, 1.165) is 96.3 Å². The fourth-order valence-corrected chi connectivity index (χ4v) is 10.5. The SMILES string of the molecule is CC/C=C\C/C=C\C/C=C\C/C=C\C/C=C\C/C=C\CCCCCCCCCCCCCCCCCCC(=O)OCC(COC(=O)CCCCCCCCCCCCC)OC(=O)CCCCCCCCCCC/C=C\CCCCCCCC. The van der Waals surface area contributed by atoms with Crippen molar-refractivity contribution in [1.82, 2.24) is 0 Å². The molecule has 0 saturated carbocycles. The van der Waals surface area contributed by atoms with E-state index in [4.69, 9.17) is 14.2 Å². The quantitative estimate of drug-likeness (QED) is 0.0261. The Hall–Kier alpha value is -3.41. The van der Waals surface area contributed by atoms with Crippen LogP contribution in [0, 0.1) is 0 Å². The first-order valence-corrected chi connectivity index (χ1v) is 36.1. The van der Waals surface area contributed by atoms with Gasteiger partial charge in [0, 0.05) is 19.3 Å². The zero-order valence-electron chi connectivity index (χ0n) is 55.2. The van der Waals surface area contributed by atoms with Crippen LogP contribution in [-0.2, 0) is 28.6 Å². The van der Waals surface area contributed by atoms with Crippen molar-refractivity contribution in [2.45, 2.75) is 374 Å². The molecule has 0 radical (unpaired) electrons. The molecule has 1 atom stereocenters. The largest absolute Gasteiger partial charge is 0.462 e. The third kappa shape index (κ3) is 69.3. The molecular weight excluding hydrogens is 1020 g/mol. The number of carbonyl (C=O) groups is 3. The van der Waals surface area contributed by atoms with E-state index in [2.05, 4.69) is 106 Å². The van der Waals surface area contributed by atoms with Gasteiger partial charge in [-0.3, -0.25) is 14.4 Å². The Balaban J connectivity index is 4.12. The summed E-state index contributed by atoms with van der Waals surface area (Å²) in [4.78, 5) is 38.4. The lowest BCUT2D eigenvalue weighted by Gasteiger charge is -2.18. The smallest absolute Gasteiger partial charge is 0.306 e. The van der Waals surface area contributed by atoms with Crippen LogP contribution in [0.3, 0.4) is 0 Å². The summed E-state index contributed by atoms with van der Waals surface area (Å²) >= 11 is 0. The maximum Gasteiger partial charge on any atom is 0.306 e. The van der Waals surface area contributed by atoms with Crippen molar-refractivity contribution >= 4 is 17.9 Å². The lowest BCUT2D eigenvalue weighted by Crippen LogP contribution is -2.30. The van der Waals surface area contributed by atoms with Crippen LogP contribution in [0.5, 0.6) is 0 Å². The second-order valence-corrected chi connectivity index (χ2v) is 24.1. The standard InChI is InChI=1S/C77H136O6/c1-4-7-10-13-16-19-22-24-26-28-30-31-32-33-34-35-36-37-38-39-40-41-42-43-44-45-47-48-50-52-55-58-61-64-67-70-76(79)82-73-74(72-81-75(78)69-66-63-60-57-54-21-18-15-12-9-6-3)83-77(80)71-68-65-62-59-56-53-51-49-46-29-27-25-23-20-17-14-11-8-5-2/h7,10,16,19,24-27,30-31,33-34,36-37,74H,4-6,8-9,11-15,17-18,20-23,28-29,32,35,38-73H2,1-3H3/b10-7-,19-16-,26-24-,27-25-,31-30-,34-33-,37-36-. The zero-order chi connectivity index (χ0) is 59.9. The molecule has 0 aromatic heterocycles. The number of allylic oxidation sites excluding steroid dienone is 14. The van der Waals surface area contributed by atoms with Gasteiger partial charge in [-0.1, -0.05) is 337 Å². The zero-order valence-corrected chi connectivity index (χ0v) is 55.2. The normalized spacial score (nSPS) is 12.6. The van der Waals surface area contributed by atoms with Crippen molar-refractivity contribution in [2.75, 3.05) is 13.2 Å². The second kappa shape index (κ2) is 71.1. The minimum atomic E-state index is -0.774. The number of hydrogen-bond donors (Lipinski definition) is 0. The summed E-state index contributed by atoms with van der Waals surface area (Å²) in [7, 11) is 0. The van der Waals surface area contributed by atoms with E-state index in [0.29, 0.717) is 19.3 Å². The molecule has 1 unspecified atom stereocenters. The molecule has 0 fully saturated rings. The highest BCUT2D eigenvalue weighted by molar-refractivity contribution is 5.71. The predicted octanol–water partition coefficient (Wildman–Crippen LogP) is 25.0. The van der Waals surface area contributed by atoms with Crippen molar-refractivity contribution in [2.24, 2.45) is 0 Å². The second-order valence-electron chi connectivity index (χ2n) is 24.1. The van der Waals surface area contributed by atoms with Gasteiger partial charge in [-0.05, 0) is 96.3 Å². The highest BCUT2D eigenvalue weighted by atomic mass is 16.6. The fourth-order valence-electron chi connectivity index (χ4n) is 10.5. The molecule has 0 aliphatic carbocycles. The van der Waals surface area contributed by atoms with Crippen molar-refractivity contribution in [3.05, 3.63) is 85.1 Å². The first-order valence-electron chi connectivity index (χ1n) is 36.1. The van der Waals surface area contributed by atoms with E-state index < -0.39 is 6.10 Å². The Kier molecular flexibility index (Phi) is 68.2. The van der Waals surface area contributed by atoms with Gasteiger partial charge in [0.2, 0.25) is 0 Å². The molecule has 0 aliphatic rings. The maximum atomic E-state index is 12.9. The minimum Gasteiger partial charge on any atom is -0.462 e. The van der Waals surface area contributed by atoms with Gasteiger partial charge in [-0.25, -0.2) is 0 Å². The third-order valence-electron chi connectivity index (χ3n) is 15.9. The van der Waals surface area contributed by atoms with Gasteiger partial charge in [0.15, 0.2) is 6.10 Å². The molecule has 83 heavy (non-hydrogen) atoms. The molecule has 0 saturated heterocycles. The maximum absolute atomic E-state index is 12.9.